The summed E-state index contributed by atoms with van der Waals surface area (Å²) in [5, 5.41) is 6.21. The van der Waals surface area contributed by atoms with E-state index in [2.05, 4.69) is 180 Å². The minimum absolute atomic E-state index is 0.922. The minimum Gasteiger partial charge on any atom is -0.292 e. The predicted molar refractivity (Wildman–Crippen MR) is 242 cm³/mol. The van der Waals surface area contributed by atoms with Crippen LogP contribution in [0.3, 0.4) is 0 Å². The molecule has 0 radical (unpaired) electrons. The van der Waals surface area contributed by atoms with Gasteiger partial charge in [-0.25, -0.2) is 9.97 Å². The van der Waals surface area contributed by atoms with Crippen LogP contribution < -0.4 is 0 Å². The van der Waals surface area contributed by atoms with Crippen LogP contribution in [0.25, 0.3) is 111 Å². The molecule has 0 fully saturated rings. The molecular weight excluding hydrogens is 739 g/mol. The summed E-state index contributed by atoms with van der Waals surface area (Å²) in [7, 11) is 0. The van der Waals surface area contributed by atoms with Gasteiger partial charge < -0.3 is 0 Å². The largest absolute Gasteiger partial charge is 0.292 e. The summed E-state index contributed by atoms with van der Waals surface area (Å²) in [6.07, 6.45) is 0. The van der Waals surface area contributed by atoms with Crippen LogP contribution in [0.2, 0.25) is 0 Å². The molecule has 262 valence electrons. The molecule has 0 atom stereocenters. The average Bonchev–Trinajstić information content (AvgIpc) is 4.05. The molecule has 0 spiro atoms. The van der Waals surface area contributed by atoms with Crippen LogP contribution >= 0.6 is 34.0 Å². The molecule has 12 aromatic rings. The molecule has 0 saturated heterocycles. The van der Waals surface area contributed by atoms with Crippen molar-refractivity contribution in [3.8, 4) is 49.9 Å². The summed E-state index contributed by atoms with van der Waals surface area (Å²) in [6, 6.07) is 63.5. The van der Waals surface area contributed by atoms with Gasteiger partial charge in [-0.2, -0.15) is 0 Å². The molecule has 0 saturated carbocycles. The Hall–Kier alpha value is -6.44. The van der Waals surface area contributed by atoms with Gasteiger partial charge in [-0.1, -0.05) is 115 Å². The fourth-order valence-corrected chi connectivity index (χ4v) is 11.5. The molecule has 0 aliphatic heterocycles. The van der Waals surface area contributed by atoms with Gasteiger partial charge in [-0.3, -0.25) is 4.57 Å². The number of rotatable bonds is 5. The molecule has 0 unspecified atom stereocenters. The minimum atomic E-state index is 0.922. The van der Waals surface area contributed by atoms with E-state index >= 15 is 0 Å². The summed E-state index contributed by atoms with van der Waals surface area (Å²) in [5.74, 6) is 0.922. The van der Waals surface area contributed by atoms with E-state index in [1.807, 2.05) is 22.7 Å². The number of nitrogens with zero attached hydrogens (tertiary/aromatic N) is 3. The van der Waals surface area contributed by atoms with Gasteiger partial charge in [0.2, 0.25) is 0 Å². The lowest BCUT2D eigenvalue weighted by Crippen LogP contribution is -1.97. The van der Waals surface area contributed by atoms with Crippen molar-refractivity contribution in [2.75, 3.05) is 0 Å². The highest BCUT2D eigenvalue weighted by Gasteiger charge is 2.19. The molecule has 4 aromatic heterocycles. The predicted octanol–water partition coefficient (Wildman–Crippen LogP) is 15.0. The fourth-order valence-electron chi connectivity index (χ4n) is 8.20. The van der Waals surface area contributed by atoms with Gasteiger partial charge in [-0.15, -0.1) is 34.0 Å². The lowest BCUT2D eigenvalue weighted by molar-refractivity contribution is 1.10. The van der Waals surface area contributed by atoms with Crippen LogP contribution in [0, 0.1) is 0 Å². The first-order valence-electron chi connectivity index (χ1n) is 18.6. The normalized spacial score (nSPS) is 11.9. The lowest BCUT2D eigenvalue weighted by Gasteiger charge is -2.09. The van der Waals surface area contributed by atoms with Gasteiger partial charge in [0.25, 0.3) is 0 Å². The number of hydrogen-bond acceptors (Lipinski definition) is 5. The van der Waals surface area contributed by atoms with Crippen molar-refractivity contribution in [1.82, 2.24) is 14.5 Å². The van der Waals surface area contributed by atoms with E-state index in [0.29, 0.717) is 0 Å². The zero-order valence-electron chi connectivity index (χ0n) is 29.8. The summed E-state index contributed by atoms with van der Waals surface area (Å²) in [6.45, 7) is 0. The number of fused-ring (bicyclic) bond motifs is 8. The molecule has 3 nitrogen and oxygen atoms in total. The molecule has 8 aromatic carbocycles. The third-order valence-corrected chi connectivity index (χ3v) is 14.3. The first-order chi connectivity index (χ1) is 27.7. The number of thiophene rings is 2. The molecule has 0 aliphatic rings. The number of imidazole rings is 1. The fraction of sp³-hybridized carbons (Fsp3) is 0. The highest BCUT2D eigenvalue weighted by molar-refractivity contribution is 7.26. The van der Waals surface area contributed by atoms with Gasteiger partial charge in [0.1, 0.15) is 10.8 Å². The number of hydrogen-bond donors (Lipinski definition) is 0. The lowest BCUT2D eigenvalue weighted by atomic mass is 9.97. The van der Waals surface area contributed by atoms with E-state index in [1.54, 1.807) is 11.3 Å². The van der Waals surface area contributed by atoms with E-state index in [1.165, 1.54) is 61.7 Å². The van der Waals surface area contributed by atoms with Crippen LogP contribution in [0.1, 0.15) is 0 Å². The second-order valence-corrected chi connectivity index (χ2v) is 17.3. The molecule has 12 rings (SSSR count). The molecule has 0 bridgehead atoms. The Morgan fingerprint density at radius 3 is 1.66 bits per heavy atom. The molecule has 0 aliphatic carbocycles. The Balaban J connectivity index is 1.03. The van der Waals surface area contributed by atoms with Crippen molar-refractivity contribution in [2.24, 2.45) is 0 Å². The van der Waals surface area contributed by atoms with E-state index in [9.17, 15) is 0 Å². The van der Waals surface area contributed by atoms with Crippen molar-refractivity contribution in [3.63, 3.8) is 0 Å². The SMILES string of the molecule is c1ccc(-n2c(-c3ccc(-c4nc5c(-c6ccc7sc8ccccc8c7c6)ccc(-c6ccc7sc8ccccc8c7c6)c5s4)cc3)nc3ccccc32)cc1. The maximum atomic E-state index is 5.48. The zero-order valence-corrected chi connectivity index (χ0v) is 32.3. The Bertz CT molecular complexity index is 3330. The van der Waals surface area contributed by atoms with Crippen LogP contribution in [-0.2, 0) is 0 Å². The number of aromatic nitrogens is 3. The molecular formula is C50H29N3S3. The van der Waals surface area contributed by atoms with Crippen molar-refractivity contribution < 1.29 is 0 Å². The van der Waals surface area contributed by atoms with Gasteiger partial charge in [0.15, 0.2) is 0 Å². The Morgan fingerprint density at radius 2 is 0.946 bits per heavy atom. The molecule has 4 heterocycles. The van der Waals surface area contributed by atoms with Gasteiger partial charge >= 0.3 is 0 Å². The number of thiazole rings is 1. The first-order valence-corrected chi connectivity index (χ1v) is 21.1. The molecule has 0 amide bonds. The number of benzene rings is 8. The summed E-state index contributed by atoms with van der Waals surface area (Å²) in [5.41, 5.74) is 11.1. The van der Waals surface area contributed by atoms with Crippen molar-refractivity contribution in [3.05, 3.63) is 176 Å². The summed E-state index contributed by atoms with van der Waals surface area (Å²) < 4.78 is 8.70. The standard InChI is InChI=1S/C50H29N3S3/c1-2-10-34(11-3-1)53-42-15-7-6-14-41(42)51-49(53)30-18-20-31(21-19-30)50-52-47-35(32-22-26-45-39(28-32)37-12-4-8-16-43(37)54-45)24-25-36(48(47)56-50)33-23-27-46-40(29-33)38-13-5-9-17-44(38)55-46/h1-29H. The van der Waals surface area contributed by atoms with Crippen LogP contribution in [0.15, 0.2) is 176 Å². The number of para-hydroxylation sites is 3. The molecule has 6 heteroatoms. The van der Waals surface area contributed by atoms with Crippen LogP contribution in [0.4, 0.5) is 0 Å². The molecule has 0 N–H and O–H groups in total. The zero-order chi connectivity index (χ0) is 36.7. The third kappa shape index (κ3) is 5.00. The van der Waals surface area contributed by atoms with Gasteiger partial charge in [0, 0.05) is 68.3 Å². The van der Waals surface area contributed by atoms with Crippen molar-refractivity contribution >= 4 is 95.6 Å². The van der Waals surface area contributed by atoms with E-state index in [4.69, 9.17) is 9.97 Å². The smallest absolute Gasteiger partial charge is 0.145 e. The summed E-state index contributed by atoms with van der Waals surface area (Å²) in [4.78, 5) is 10.6. The third-order valence-electron chi connectivity index (χ3n) is 10.9. The highest BCUT2D eigenvalue weighted by atomic mass is 32.1. The van der Waals surface area contributed by atoms with Crippen LogP contribution in [0.5, 0.6) is 0 Å². The van der Waals surface area contributed by atoms with Crippen molar-refractivity contribution in [1.29, 1.82) is 0 Å². The van der Waals surface area contributed by atoms with Gasteiger partial charge in [0.05, 0.1) is 21.3 Å². The van der Waals surface area contributed by atoms with Gasteiger partial charge in [-0.05, 0) is 71.8 Å². The summed E-state index contributed by atoms with van der Waals surface area (Å²) >= 11 is 5.49. The van der Waals surface area contributed by atoms with Crippen LogP contribution in [-0.4, -0.2) is 14.5 Å². The van der Waals surface area contributed by atoms with E-state index in [0.717, 1.165) is 49.8 Å². The maximum absolute atomic E-state index is 5.48. The van der Waals surface area contributed by atoms with E-state index in [-0.39, 0.29) is 0 Å². The Morgan fingerprint density at radius 1 is 0.393 bits per heavy atom. The topological polar surface area (TPSA) is 30.7 Å². The monoisotopic (exact) mass is 767 g/mol. The average molecular weight is 768 g/mol. The first kappa shape index (κ1) is 31.9. The quantitative estimate of drug-likeness (QED) is 0.175. The second-order valence-electron chi connectivity index (χ2n) is 14.1. The molecule has 56 heavy (non-hydrogen) atoms. The van der Waals surface area contributed by atoms with E-state index < -0.39 is 0 Å². The maximum Gasteiger partial charge on any atom is 0.145 e. The van der Waals surface area contributed by atoms with Crippen molar-refractivity contribution in [2.45, 2.75) is 0 Å². The highest BCUT2D eigenvalue weighted by Crippen LogP contribution is 2.45. The Labute approximate surface area is 334 Å². The second kappa shape index (κ2) is 12.5. The Kier molecular flexibility index (Phi) is 7.14.